The van der Waals surface area contributed by atoms with Crippen molar-refractivity contribution in [1.29, 1.82) is 0 Å². The Hall–Kier alpha value is -1.17. The number of hydrogen-bond donors (Lipinski definition) is 0. The highest BCUT2D eigenvalue weighted by molar-refractivity contribution is 6.31. The van der Waals surface area contributed by atoms with Gasteiger partial charge < -0.3 is 0 Å². The van der Waals surface area contributed by atoms with Crippen LogP contribution in [0, 0.1) is 23.5 Å². The van der Waals surface area contributed by atoms with Gasteiger partial charge in [-0.25, -0.2) is 8.78 Å². The first kappa shape index (κ1) is 15.2. The summed E-state index contributed by atoms with van der Waals surface area (Å²) in [6.45, 7) is 0. The molecule has 1 aliphatic rings. The molecule has 2 unspecified atom stereocenters. The molecule has 1 nitrogen and oxygen atoms in total. The van der Waals surface area contributed by atoms with E-state index in [-0.39, 0.29) is 19.3 Å². The summed E-state index contributed by atoms with van der Waals surface area (Å²) in [7, 11) is 0. The number of benzene rings is 1. The fourth-order valence-corrected chi connectivity index (χ4v) is 2.62. The molecule has 2 rings (SSSR count). The average Bonchev–Trinajstić information content (AvgIpc) is 2.85. The molecule has 0 saturated heterocycles. The van der Waals surface area contributed by atoms with Crippen molar-refractivity contribution in [3.8, 4) is 0 Å². The maximum Gasteiger partial charge on any atom is 0.391 e. The smallest absolute Gasteiger partial charge is 0.294 e. The topological polar surface area (TPSA) is 17.1 Å². The second-order valence-corrected chi connectivity index (χ2v) is 5.21. The van der Waals surface area contributed by atoms with Crippen LogP contribution in [0.5, 0.6) is 0 Å². The summed E-state index contributed by atoms with van der Waals surface area (Å²) in [6, 6.07) is 1.74. The molecule has 0 amide bonds. The highest BCUT2D eigenvalue weighted by Gasteiger charge is 2.46. The summed E-state index contributed by atoms with van der Waals surface area (Å²) in [4.78, 5) is 12.0. The third-order valence-corrected chi connectivity index (χ3v) is 3.91. The van der Waals surface area contributed by atoms with Crippen molar-refractivity contribution in [3.05, 3.63) is 34.4 Å². The van der Waals surface area contributed by atoms with E-state index < -0.39 is 46.0 Å². The maximum atomic E-state index is 13.7. The SMILES string of the molecule is O=C(c1ccc(F)c(Cl)c1F)C1CCC(C(F)(F)F)C1. The monoisotopic (exact) mass is 312 g/mol. The van der Waals surface area contributed by atoms with E-state index in [0.29, 0.717) is 0 Å². The van der Waals surface area contributed by atoms with Crippen LogP contribution >= 0.6 is 11.6 Å². The lowest BCUT2D eigenvalue weighted by Crippen LogP contribution is -2.21. The van der Waals surface area contributed by atoms with E-state index in [1.165, 1.54) is 0 Å². The van der Waals surface area contributed by atoms with Gasteiger partial charge in [-0.15, -0.1) is 0 Å². The van der Waals surface area contributed by atoms with Crippen molar-refractivity contribution in [2.75, 3.05) is 0 Å². The van der Waals surface area contributed by atoms with Crippen LogP contribution in [-0.2, 0) is 0 Å². The number of hydrogen-bond acceptors (Lipinski definition) is 1. The van der Waals surface area contributed by atoms with Crippen LogP contribution in [0.15, 0.2) is 12.1 Å². The number of carbonyl (C=O) groups is 1. The maximum absolute atomic E-state index is 13.7. The van der Waals surface area contributed by atoms with Gasteiger partial charge in [-0.2, -0.15) is 13.2 Å². The Labute approximate surface area is 116 Å². The van der Waals surface area contributed by atoms with Crippen LogP contribution in [0.2, 0.25) is 5.02 Å². The third-order valence-electron chi connectivity index (χ3n) is 3.57. The second kappa shape index (κ2) is 5.31. The van der Waals surface area contributed by atoms with Crippen LogP contribution in [0.3, 0.4) is 0 Å². The van der Waals surface area contributed by atoms with E-state index >= 15 is 0 Å². The highest BCUT2D eigenvalue weighted by atomic mass is 35.5. The molecule has 7 heteroatoms. The Morgan fingerprint density at radius 1 is 1.20 bits per heavy atom. The molecule has 0 aromatic heterocycles. The first-order valence-corrected chi connectivity index (χ1v) is 6.34. The number of halogens is 6. The molecule has 110 valence electrons. The molecule has 1 aromatic carbocycles. The zero-order chi connectivity index (χ0) is 15.1. The molecule has 0 aliphatic heterocycles. The zero-order valence-electron chi connectivity index (χ0n) is 10.1. The summed E-state index contributed by atoms with van der Waals surface area (Å²) >= 11 is 5.35. The van der Waals surface area contributed by atoms with E-state index in [1.54, 1.807) is 0 Å². The second-order valence-electron chi connectivity index (χ2n) is 4.84. The standard InChI is InChI=1S/C13H10ClF5O/c14-10-9(15)4-3-8(11(10)16)12(20)6-1-2-7(5-6)13(17,18)19/h3-4,6-7H,1-2,5H2. The Bertz CT molecular complexity index is 540. The van der Waals surface area contributed by atoms with Gasteiger partial charge in [-0.3, -0.25) is 4.79 Å². The van der Waals surface area contributed by atoms with Gasteiger partial charge in [0.25, 0.3) is 0 Å². The van der Waals surface area contributed by atoms with Gasteiger partial charge in [0.1, 0.15) is 10.8 Å². The molecule has 1 saturated carbocycles. The zero-order valence-corrected chi connectivity index (χ0v) is 10.9. The normalized spacial score (nSPS) is 23.1. The summed E-state index contributed by atoms with van der Waals surface area (Å²) in [5.74, 6) is -5.43. The molecule has 0 heterocycles. The number of carbonyl (C=O) groups excluding carboxylic acids is 1. The van der Waals surface area contributed by atoms with Crippen LogP contribution in [0.4, 0.5) is 22.0 Å². The predicted octanol–water partition coefficient (Wildman–Crippen LogP) is 4.78. The Morgan fingerprint density at radius 2 is 1.85 bits per heavy atom. The number of ketones is 1. The van der Waals surface area contributed by atoms with Crippen molar-refractivity contribution in [2.45, 2.75) is 25.4 Å². The fraction of sp³-hybridized carbons (Fsp3) is 0.462. The molecular weight excluding hydrogens is 303 g/mol. The van der Waals surface area contributed by atoms with Crippen molar-refractivity contribution < 1.29 is 26.7 Å². The minimum atomic E-state index is -4.35. The van der Waals surface area contributed by atoms with E-state index in [1.807, 2.05) is 0 Å². The lowest BCUT2D eigenvalue weighted by Gasteiger charge is -2.14. The molecule has 0 spiro atoms. The van der Waals surface area contributed by atoms with Gasteiger partial charge in [0.15, 0.2) is 11.6 Å². The highest BCUT2D eigenvalue weighted by Crippen LogP contribution is 2.43. The molecule has 1 fully saturated rings. The Morgan fingerprint density at radius 3 is 2.40 bits per heavy atom. The van der Waals surface area contributed by atoms with Crippen molar-refractivity contribution in [2.24, 2.45) is 11.8 Å². The van der Waals surface area contributed by atoms with Crippen LogP contribution < -0.4 is 0 Å². The van der Waals surface area contributed by atoms with Crippen molar-refractivity contribution >= 4 is 17.4 Å². The van der Waals surface area contributed by atoms with Crippen molar-refractivity contribution in [3.63, 3.8) is 0 Å². The minimum absolute atomic E-state index is 0.0391. The van der Waals surface area contributed by atoms with Gasteiger partial charge in [0.05, 0.1) is 11.5 Å². The van der Waals surface area contributed by atoms with E-state index in [2.05, 4.69) is 0 Å². The third kappa shape index (κ3) is 2.80. The van der Waals surface area contributed by atoms with Gasteiger partial charge in [-0.1, -0.05) is 11.6 Å². The molecule has 1 aliphatic carbocycles. The van der Waals surface area contributed by atoms with Gasteiger partial charge >= 0.3 is 6.18 Å². The average molecular weight is 313 g/mol. The lowest BCUT2D eigenvalue weighted by atomic mass is 9.94. The quantitative estimate of drug-likeness (QED) is 0.436. The summed E-state index contributed by atoms with van der Waals surface area (Å²) in [5, 5.41) is -0.818. The number of rotatable bonds is 2. The first-order chi connectivity index (χ1) is 9.21. The van der Waals surface area contributed by atoms with E-state index in [4.69, 9.17) is 11.6 Å². The predicted molar refractivity (Wildman–Crippen MR) is 62.6 cm³/mol. The Kier molecular flexibility index (Phi) is 4.04. The minimum Gasteiger partial charge on any atom is -0.294 e. The van der Waals surface area contributed by atoms with Crippen LogP contribution in [-0.4, -0.2) is 12.0 Å². The Balaban J connectivity index is 2.20. The van der Waals surface area contributed by atoms with Gasteiger partial charge in [-0.05, 0) is 31.4 Å². The number of Topliss-reactive ketones (excluding diaryl/α,β-unsaturated/α-hetero) is 1. The molecule has 1 aromatic rings. The molecule has 0 radical (unpaired) electrons. The summed E-state index contributed by atoms with van der Waals surface area (Å²) in [6.07, 6.45) is -4.83. The summed E-state index contributed by atoms with van der Waals surface area (Å²) in [5.41, 5.74) is -0.454. The lowest BCUT2D eigenvalue weighted by molar-refractivity contribution is -0.172. The van der Waals surface area contributed by atoms with Gasteiger partial charge in [0, 0.05) is 5.92 Å². The fourth-order valence-electron chi connectivity index (χ4n) is 2.45. The molecule has 0 bridgehead atoms. The van der Waals surface area contributed by atoms with Crippen molar-refractivity contribution in [1.82, 2.24) is 0 Å². The molecule has 20 heavy (non-hydrogen) atoms. The largest absolute Gasteiger partial charge is 0.391 e. The van der Waals surface area contributed by atoms with E-state index in [9.17, 15) is 26.7 Å². The van der Waals surface area contributed by atoms with Crippen LogP contribution in [0.25, 0.3) is 0 Å². The number of alkyl halides is 3. The van der Waals surface area contributed by atoms with Crippen LogP contribution in [0.1, 0.15) is 29.6 Å². The molecule has 0 N–H and O–H groups in total. The van der Waals surface area contributed by atoms with Gasteiger partial charge in [0.2, 0.25) is 0 Å². The molecule has 2 atom stereocenters. The molecular formula is C13H10ClF5O. The summed E-state index contributed by atoms with van der Waals surface area (Å²) < 4.78 is 64.3. The first-order valence-electron chi connectivity index (χ1n) is 5.96. The van der Waals surface area contributed by atoms with E-state index in [0.717, 1.165) is 12.1 Å².